The van der Waals surface area contributed by atoms with Gasteiger partial charge in [0.25, 0.3) is 0 Å². The maximum absolute atomic E-state index is 13.3. The lowest BCUT2D eigenvalue weighted by molar-refractivity contribution is -0.138. The number of thiazole rings is 1. The first-order valence-corrected chi connectivity index (χ1v) is 12.3. The first-order valence-electron chi connectivity index (χ1n) is 11.5. The highest BCUT2D eigenvalue weighted by Gasteiger charge is 2.33. The number of hydrogen-bond acceptors (Lipinski definition) is 6. The molecule has 34 heavy (non-hydrogen) atoms. The van der Waals surface area contributed by atoms with Crippen LogP contribution in [0.3, 0.4) is 0 Å². The minimum Gasteiger partial charge on any atom is -0.353 e. The number of aromatic nitrogens is 2. The number of carbonyl (C=O) groups excluding carboxylic acids is 1. The molecule has 4 heterocycles. The van der Waals surface area contributed by atoms with Crippen molar-refractivity contribution in [3.8, 4) is 0 Å². The zero-order chi connectivity index (χ0) is 23.9. The number of hydrogen-bond donors (Lipinski definition) is 0. The quantitative estimate of drug-likeness (QED) is 0.539. The Bertz CT molecular complexity index is 1170. The van der Waals surface area contributed by atoms with Crippen LogP contribution in [0, 0.1) is 12.8 Å². The van der Waals surface area contributed by atoms with Crippen LogP contribution in [0.2, 0.25) is 0 Å². The topological polar surface area (TPSA) is 52.6 Å². The number of alkyl halides is 3. The molecule has 10 heteroatoms. The van der Waals surface area contributed by atoms with E-state index in [1.165, 1.54) is 11.6 Å². The third-order valence-corrected chi connectivity index (χ3v) is 7.64. The van der Waals surface area contributed by atoms with Crippen LogP contribution in [-0.2, 0) is 11.0 Å². The second kappa shape index (κ2) is 9.05. The van der Waals surface area contributed by atoms with Gasteiger partial charge in [-0.15, -0.1) is 0 Å². The Hall–Kier alpha value is -2.88. The van der Waals surface area contributed by atoms with Crippen LogP contribution in [0.5, 0.6) is 0 Å². The van der Waals surface area contributed by atoms with Crippen molar-refractivity contribution in [1.82, 2.24) is 14.9 Å². The summed E-state index contributed by atoms with van der Waals surface area (Å²) in [5, 5.41) is 0.969. The molecular formula is C24H26F3N5OS. The van der Waals surface area contributed by atoms with E-state index in [-0.39, 0.29) is 11.8 Å². The van der Waals surface area contributed by atoms with E-state index < -0.39 is 11.7 Å². The van der Waals surface area contributed by atoms with Gasteiger partial charge in [-0.3, -0.25) is 4.79 Å². The van der Waals surface area contributed by atoms with Crippen molar-refractivity contribution in [1.29, 1.82) is 0 Å². The molecule has 2 fully saturated rings. The first-order chi connectivity index (χ1) is 16.3. The summed E-state index contributed by atoms with van der Waals surface area (Å²) >= 11 is 1.67. The molecule has 2 aromatic heterocycles. The zero-order valence-electron chi connectivity index (χ0n) is 18.9. The van der Waals surface area contributed by atoms with Crippen LogP contribution >= 0.6 is 11.3 Å². The number of piperidine rings is 1. The van der Waals surface area contributed by atoms with E-state index in [4.69, 9.17) is 4.98 Å². The Kier molecular flexibility index (Phi) is 6.09. The van der Waals surface area contributed by atoms with Crippen molar-refractivity contribution < 1.29 is 18.0 Å². The summed E-state index contributed by atoms with van der Waals surface area (Å²) in [5.41, 5.74) is 1.45. The monoisotopic (exact) mass is 489 g/mol. The van der Waals surface area contributed by atoms with E-state index >= 15 is 0 Å². The molecule has 0 bridgehead atoms. The third kappa shape index (κ3) is 4.68. The second-order valence-corrected chi connectivity index (χ2v) is 9.98. The van der Waals surface area contributed by atoms with Gasteiger partial charge in [-0.25, -0.2) is 9.97 Å². The number of anilines is 2. The highest BCUT2D eigenvalue weighted by molar-refractivity contribution is 7.22. The van der Waals surface area contributed by atoms with E-state index in [1.54, 1.807) is 11.3 Å². The minimum atomic E-state index is -4.39. The number of rotatable bonds is 3. The largest absolute Gasteiger partial charge is 0.417 e. The van der Waals surface area contributed by atoms with Gasteiger partial charge in [0.15, 0.2) is 5.13 Å². The summed E-state index contributed by atoms with van der Waals surface area (Å²) < 4.78 is 39.5. The van der Waals surface area contributed by atoms with Crippen molar-refractivity contribution >= 4 is 38.4 Å². The van der Waals surface area contributed by atoms with Crippen LogP contribution < -0.4 is 9.80 Å². The molecule has 0 radical (unpaired) electrons. The fourth-order valence-corrected chi connectivity index (χ4v) is 5.76. The van der Waals surface area contributed by atoms with Crippen molar-refractivity contribution in [3.63, 3.8) is 0 Å². The molecule has 180 valence electrons. The van der Waals surface area contributed by atoms with Crippen molar-refractivity contribution in [2.24, 2.45) is 5.92 Å². The number of halogens is 3. The van der Waals surface area contributed by atoms with Crippen LogP contribution in [0.4, 0.5) is 24.1 Å². The average Bonchev–Trinajstić information content (AvgIpc) is 3.27. The summed E-state index contributed by atoms with van der Waals surface area (Å²) in [4.78, 5) is 28.1. The van der Waals surface area contributed by atoms with Crippen LogP contribution in [-0.4, -0.2) is 60.0 Å². The first kappa shape index (κ1) is 22.9. The third-order valence-electron chi connectivity index (χ3n) is 6.56. The van der Waals surface area contributed by atoms with Gasteiger partial charge in [-0.1, -0.05) is 17.4 Å². The lowest BCUT2D eigenvalue weighted by Crippen LogP contribution is -2.52. The van der Waals surface area contributed by atoms with Gasteiger partial charge in [0.05, 0.1) is 21.7 Å². The van der Waals surface area contributed by atoms with Crippen LogP contribution in [0.1, 0.15) is 24.0 Å². The molecule has 1 unspecified atom stereocenters. The Labute approximate surface area is 200 Å². The fraction of sp³-hybridized carbons (Fsp3) is 0.458. The molecule has 5 rings (SSSR count). The number of pyridine rings is 1. The lowest BCUT2D eigenvalue weighted by Gasteiger charge is -2.39. The fourth-order valence-electron chi connectivity index (χ4n) is 4.66. The maximum Gasteiger partial charge on any atom is 0.417 e. The smallest absolute Gasteiger partial charge is 0.353 e. The SMILES string of the molecule is Cc1ccc2nc(N3CCCC(C(=O)N4CCN(c5ccc(C(F)(F)F)cn5)CC4)C3)sc2c1. The molecule has 1 amide bonds. The predicted molar refractivity (Wildman–Crippen MR) is 127 cm³/mol. The minimum absolute atomic E-state index is 0.0711. The van der Waals surface area contributed by atoms with Gasteiger partial charge < -0.3 is 14.7 Å². The van der Waals surface area contributed by atoms with Gasteiger partial charge in [-0.2, -0.15) is 13.2 Å². The Balaban J connectivity index is 1.19. The molecule has 0 spiro atoms. The van der Waals surface area contributed by atoms with Gasteiger partial charge >= 0.3 is 6.18 Å². The molecule has 3 aromatic rings. The summed E-state index contributed by atoms with van der Waals surface area (Å²) in [7, 11) is 0. The number of amides is 1. The van der Waals surface area contributed by atoms with Gasteiger partial charge in [0, 0.05) is 45.5 Å². The lowest BCUT2D eigenvalue weighted by atomic mass is 9.96. The van der Waals surface area contributed by atoms with Gasteiger partial charge in [0.1, 0.15) is 5.82 Å². The number of fused-ring (bicyclic) bond motifs is 1. The normalized spacial score (nSPS) is 19.6. The number of carbonyl (C=O) groups is 1. The number of benzene rings is 1. The van der Waals surface area contributed by atoms with Crippen molar-refractivity contribution in [2.45, 2.75) is 25.9 Å². The molecule has 2 aliphatic rings. The Morgan fingerprint density at radius 2 is 1.85 bits per heavy atom. The number of nitrogens with zero attached hydrogens (tertiary/aromatic N) is 5. The molecule has 0 N–H and O–H groups in total. The molecule has 2 saturated heterocycles. The Morgan fingerprint density at radius 3 is 2.56 bits per heavy atom. The van der Waals surface area contributed by atoms with Crippen molar-refractivity contribution in [3.05, 3.63) is 47.7 Å². The van der Waals surface area contributed by atoms with Crippen molar-refractivity contribution in [2.75, 3.05) is 49.1 Å². The van der Waals surface area contributed by atoms with Gasteiger partial charge in [-0.05, 0) is 49.6 Å². The van der Waals surface area contributed by atoms with Crippen LogP contribution in [0.25, 0.3) is 10.2 Å². The molecule has 2 aliphatic heterocycles. The summed E-state index contributed by atoms with van der Waals surface area (Å²) in [5.74, 6) is 0.593. The molecule has 6 nitrogen and oxygen atoms in total. The number of aryl methyl sites for hydroxylation is 1. The molecular weight excluding hydrogens is 463 g/mol. The highest BCUT2D eigenvalue weighted by atomic mass is 32.1. The second-order valence-electron chi connectivity index (χ2n) is 8.97. The molecule has 0 saturated carbocycles. The summed E-state index contributed by atoms with van der Waals surface area (Å²) in [6.45, 7) is 5.82. The highest BCUT2D eigenvalue weighted by Crippen LogP contribution is 2.33. The molecule has 1 aromatic carbocycles. The van der Waals surface area contributed by atoms with E-state index in [0.717, 1.165) is 47.0 Å². The summed E-state index contributed by atoms with van der Waals surface area (Å²) in [6, 6.07) is 8.71. The van der Waals surface area contributed by atoms with E-state index in [9.17, 15) is 18.0 Å². The van der Waals surface area contributed by atoms with E-state index in [1.807, 2.05) is 15.9 Å². The standard InChI is InChI=1S/C24H26F3N5OS/c1-16-4-6-19-20(13-16)34-23(29-19)32-8-2-3-17(15-32)22(33)31-11-9-30(10-12-31)21-7-5-18(14-28-21)24(25,26)27/h4-7,13-14,17H,2-3,8-12,15H2,1H3. The maximum atomic E-state index is 13.3. The zero-order valence-corrected chi connectivity index (χ0v) is 19.7. The van der Waals surface area contributed by atoms with E-state index in [0.29, 0.717) is 38.5 Å². The van der Waals surface area contributed by atoms with Gasteiger partial charge in [0.2, 0.25) is 5.91 Å². The van der Waals surface area contributed by atoms with E-state index in [2.05, 4.69) is 28.9 Å². The summed E-state index contributed by atoms with van der Waals surface area (Å²) in [6.07, 6.45) is -1.72. The number of piperazine rings is 1. The molecule has 0 aliphatic carbocycles. The predicted octanol–water partition coefficient (Wildman–Crippen LogP) is 4.58. The van der Waals surface area contributed by atoms with Crippen LogP contribution in [0.15, 0.2) is 36.5 Å². The molecule has 1 atom stereocenters. The Morgan fingerprint density at radius 1 is 1.06 bits per heavy atom. The average molecular weight is 490 g/mol.